The first-order chi connectivity index (χ1) is 16.5. The topological polar surface area (TPSA) is 46.5 Å². The number of ether oxygens (including phenoxy) is 1. The number of hydrogen-bond acceptors (Lipinski definition) is 3. The Morgan fingerprint density at radius 3 is 2.09 bits per heavy atom. The highest BCUT2D eigenvalue weighted by atomic mass is 32.2. The highest BCUT2D eigenvalue weighted by Crippen LogP contribution is 2.34. The lowest BCUT2D eigenvalue weighted by atomic mass is 9.91. The average Bonchev–Trinajstić information content (AvgIpc) is 2.76. The molecule has 0 aliphatic rings. The Bertz CT molecular complexity index is 797. The number of rotatable bonds is 18. The molecule has 200 valence electrons. The molecule has 3 nitrogen and oxygen atoms in total. The van der Waals surface area contributed by atoms with Crippen molar-refractivity contribution in [2.75, 3.05) is 12.4 Å². The van der Waals surface area contributed by atoms with Gasteiger partial charge in [0.25, 0.3) is 0 Å². The van der Waals surface area contributed by atoms with E-state index in [0.717, 1.165) is 34.6 Å². The van der Waals surface area contributed by atoms with Crippen LogP contribution in [0.4, 0.5) is 0 Å². The van der Waals surface area contributed by atoms with Gasteiger partial charge in [0.05, 0.1) is 0 Å². The van der Waals surface area contributed by atoms with Crippen LogP contribution in [0.1, 0.15) is 109 Å². The maximum absolute atomic E-state index is 10.8. The van der Waals surface area contributed by atoms with E-state index in [-0.39, 0.29) is 6.61 Å². The number of aryl methyl sites for hydroxylation is 1. The first-order valence-electron chi connectivity index (χ1n) is 13.7. The van der Waals surface area contributed by atoms with Gasteiger partial charge >= 0.3 is 5.97 Å². The summed E-state index contributed by atoms with van der Waals surface area (Å²) >= 11 is 1.85. The van der Waals surface area contributed by atoms with Crippen LogP contribution in [0.15, 0.2) is 22.6 Å². The first kappa shape index (κ1) is 31.6. The molecule has 35 heavy (non-hydrogen) atoms. The van der Waals surface area contributed by atoms with Crippen LogP contribution in [-0.2, 0) is 4.79 Å². The van der Waals surface area contributed by atoms with Crippen molar-refractivity contribution in [3.8, 4) is 5.75 Å². The maximum atomic E-state index is 10.8. The molecule has 2 unspecified atom stereocenters. The zero-order valence-corrected chi connectivity index (χ0v) is 24.7. The molecule has 0 aliphatic heterocycles. The summed E-state index contributed by atoms with van der Waals surface area (Å²) < 4.78 is 5.51. The quantitative estimate of drug-likeness (QED) is 0.160. The number of aliphatic carboxylic acids is 1. The maximum Gasteiger partial charge on any atom is 0.341 e. The molecule has 0 aliphatic carbocycles. The highest BCUT2D eigenvalue weighted by molar-refractivity contribution is 7.99. The number of hydrogen-bond donors (Lipinski definition) is 1. The van der Waals surface area contributed by atoms with Crippen LogP contribution in [0.5, 0.6) is 5.75 Å². The van der Waals surface area contributed by atoms with E-state index in [1.165, 1.54) is 73.8 Å². The van der Waals surface area contributed by atoms with Crippen LogP contribution in [0.25, 0.3) is 0 Å². The number of benzene rings is 1. The van der Waals surface area contributed by atoms with Gasteiger partial charge in [-0.2, -0.15) is 0 Å². The van der Waals surface area contributed by atoms with E-state index >= 15 is 0 Å². The fourth-order valence-electron chi connectivity index (χ4n) is 4.61. The molecule has 1 rings (SSSR count). The Kier molecular flexibility index (Phi) is 15.5. The summed E-state index contributed by atoms with van der Waals surface area (Å²) in [5, 5.41) is 8.90. The number of carbonyl (C=O) groups is 1. The Balaban J connectivity index is 2.33. The standard InChI is InChI=1S/C31H52O3S/c1-22(2)12-9-13-23(3)14-10-15-24(4)16-11-17-25(5)18-19-35-29-20-26(6)31(28(8)27(29)7)34-21-30(32)33/h18,20,22-24H,9-17,19,21H2,1-8H3,(H,32,33)/b25-18+. The second kappa shape index (κ2) is 17.1. The molecule has 0 radical (unpaired) electrons. The van der Waals surface area contributed by atoms with Crippen molar-refractivity contribution in [1.82, 2.24) is 0 Å². The average molecular weight is 505 g/mol. The van der Waals surface area contributed by atoms with Gasteiger partial charge < -0.3 is 9.84 Å². The van der Waals surface area contributed by atoms with Crippen LogP contribution < -0.4 is 4.74 Å². The lowest BCUT2D eigenvalue weighted by molar-refractivity contribution is -0.139. The van der Waals surface area contributed by atoms with Crippen LogP contribution >= 0.6 is 11.8 Å². The SMILES string of the molecule is C/C(=C\CSc1cc(C)c(OCC(=O)O)c(C)c1C)CCCC(C)CCCC(C)CCCC(C)C. The van der Waals surface area contributed by atoms with Gasteiger partial charge in [-0.3, -0.25) is 0 Å². The molecule has 1 N–H and O–H groups in total. The van der Waals surface area contributed by atoms with Crippen molar-refractivity contribution in [3.05, 3.63) is 34.4 Å². The summed E-state index contributed by atoms with van der Waals surface area (Å²) in [5.74, 6) is 3.27. The van der Waals surface area contributed by atoms with Crippen molar-refractivity contribution in [1.29, 1.82) is 0 Å². The summed E-state index contributed by atoms with van der Waals surface area (Å²) in [5.41, 5.74) is 4.69. The van der Waals surface area contributed by atoms with Crippen LogP contribution in [-0.4, -0.2) is 23.4 Å². The smallest absolute Gasteiger partial charge is 0.341 e. The fourth-order valence-corrected chi connectivity index (χ4v) is 5.79. The predicted molar refractivity (Wildman–Crippen MR) is 153 cm³/mol. The van der Waals surface area contributed by atoms with Gasteiger partial charge in [-0.05, 0) is 81.0 Å². The summed E-state index contributed by atoms with van der Waals surface area (Å²) in [6, 6.07) is 2.13. The van der Waals surface area contributed by atoms with Crippen LogP contribution in [0.2, 0.25) is 0 Å². The van der Waals surface area contributed by atoms with Gasteiger partial charge in [0.2, 0.25) is 0 Å². The van der Waals surface area contributed by atoms with Crippen molar-refractivity contribution in [3.63, 3.8) is 0 Å². The number of thioether (sulfide) groups is 1. The van der Waals surface area contributed by atoms with Crippen LogP contribution in [0, 0.1) is 38.5 Å². The Labute approximate surface area is 220 Å². The summed E-state index contributed by atoms with van der Waals surface area (Å²) in [4.78, 5) is 12.1. The van der Waals surface area contributed by atoms with E-state index in [1.54, 1.807) is 0 Å². The third-order valence-corrected chi connectivity index (χ3v) is 8.20. The normalized spacial score (nSPS) is 13.8. The molecule has 0 heterocycles. The van der Waals surface area contributed by atoms with E-state index in [4.69, 9.17) is 9.84 Å². The molecular formula is C31H52O3S. The molecule has 0 amide bonds. The van der Waals surface area contributed by atoms with Gasteiger partial charge in [-0.15, -0.1) is 11.8 Å². The molecule has 2 atom stereocenters. The first-order valence-corrected chi connectivity index (χ1v) is 14.7. The third kappa shape index (κ3) is 13.5. The summed E-state index contributed by atoms with van der Waals surface area (Å²) in [6.45, 7) is 17.6. The third-order valence-electron chi connectivity index (χ3n) is 7.13. The van der Waals surface area contributed by atoms with Gasteiger partial charge in [-0.1, -0.05) is 84.3 Å². The van der Waals surface area contributed by atoms with E-state index in [1.807, 2.05) is 25.6 Å². The lowest BCUT2D eigenvalue weighted by Crippen LogP contribution is -2.11. The minimum absolute atomic E-state index is 0.300. The molecule has 0 aromatic heterocycles. The molecule has 0 fully saturated rings. The van der Waals surface area contributed by atoms with E-state index in [9.17, 15) is 4.79 Å². The second-order valence-electron chi connectivity index (χ2n) is 11.2. The molecule has 0 bridgehead atoms. The Hall–Kier alpha value is -1.42. The second-order valence-corrected chi connectivity index (χ2v) is 12.2. The minimum atomic E-state index is -0.947. The Morgan fingerprint density at radius 2 is 1.51 bits per heavy atom. The summed E-state index contributed by atoms with van der Waals surface area (Å²) in [7, 11) is 0. The van der Waals surface area contributed by atoms with Crippen molar-refractivity contribution < 1.29 is 14.6 Å². The van der Waals surface area contributed by atoms with Crippen molar-refractivity contribution in [2.45, 2.75) is 118 Å². The number of carboxylic acid groups (broad SMARTS) is 1. The molecule has 1 aromatic carbocycles. The van der Waals surface area contributed by atoms with Crippen molar-refractivity contribution >= 4 is 17.7 Å². The number of carboxylic acids is 1. The van der Waals surface area contributed by atoms with Crippen LogP contribution in [0.3, 0.4) is 0 Å². The highest BCUT2D eigenvalue weighted by Gasteiger charge is 2.13. The fraction of sp³-hybridized carbons (Fsp3) is 0.710. The molecule has 4 heteroatoms. The molecule has 0 saturated heterocycles. The van der Waals surface area contributed by atoms with Crippen molar-refractivity contribution in [2.24, 2.45) is 17.8 Å². The molecule has 0 saturated carbocycles. The lowest BCUT2D eigenvalue weighted by Gasteiger charge is -2.16. The zero-order chi connectivity index (χ0) is 26.4. The predicted octanol–water partition coefficient (Wildman–Crippen LogP) is 9.55. The molecule has 0 spiro atoms. The van der Waals surface area contributed by atoms with Gasteiger partial charge in [0, 0.05) is 10.6 Å². The van der Waals surface area contributed by atoms with Gasteiger partial charge in [0.15, 0.2) is 6.61 Å². The minimum Gasteiger partial charge on any atom is -0.481 e. The van der Waals surface area contributed by atoms with E-state index < -0.39 is 5.97 Å². The monoisotopic (exact) mass is 504 g/mol. The van der Waals surface area contributed by atoms with E-state index in [2.05, 4.69) is 53.7 Å². The Morgan fingerprint density at radius 1 is 0.943 bits per heavy atom. The zero-order valence-electron chi connectivity index (χ0n) is 23.8. The van der Waals surface area contributed by atoms with E-state index in [0.29, 0.717) is 5.75 Å². The summed E-state index contributed by atoms with van der Waals surface area (Å²) in [6.07, 6.45) is 14.5. The molecular weight excluding hydrogens is 452 g/mol. The number of allylic oxidation sites excluding steroid dienone is 1. The van der Waals surface area contributed by atoms with Gasteiger partial charge in [-0.25, -0.2) is 4.79 Å². The largest absolute Gasteiger partial charge is 0.481 e. The molecule has 1 aromatic rings. The van der Waals surface area contributed by atoms with Gasteiger partial charge in [0.1, 0.15) is 5.75 Å².